The number of piperazine rings is 1. The first-order chi connectivity index (χ1) is 7.72. The Morgan fingerprint density at radius 2 is 2.19 bits per heavy atom. The fourth-order valence-electron chi connectivity index (χ4n) is 2.23. The number of nitrogens with zero attached hydrogens (tertiary/aromatic N) is 1. The highest BCUT2D eigenvalue weighted by Crippen LogP contribution is 2.26. The van der Waals surface area contributed by atoms with Crippen molar-refractivity contribution in [3.05, 3.63) is 29.8 Å². The first-order valence-electron chi connectivity index (χ1n) is 5.79. The molecule has 16 heavy (non-hydrogen) atoms. The van der Waals surface area contributed by atoms with E-state index in [4.69, 9.17) is 4.74 Å². The highest BCUT2D eigenvalue weighted by Gasteiger charge is 2.25. The smallest absolute Gasteiger partial charge is 0.119 e. The maximum Gasteiger partial charge on any atom is 0.119 e. The van der Waals surface area contributed by atoms with E-state index < -0.39 is 0 Å². The van der Waals surface area contributed by atoms with Crippen LogP contribution in [0.15, 0.2) is 24.3 Å². The molecule has 0 saturated carbocycles. The highest BCUT2D eigenvalue weighted by atomic mass is 16.5. The van der Waals surface area contributed by atoms with Crippen LogP contribution in [-0.2, 0) is 0 Å². The fourth-order valence-corrected chi connectivity index (χ4v) is 2.23. The Kier molecular flexibility index (Phi) is 3.46. The van der Waals surface area contributed by atoms with Gasteiger partial charge in [0.25, 0.3) is 0 Å². The number of rotatable bonds is 2. The molecule has 1 aliphatic heterocycles. The summed E-state index contributed by atoms with van der Waals surface area (Å²) in [6.45, 7) is 4.32. The van der Waals surface area contributed by atoms with Crippen LogP contribution in [0.4, 0.5) is 0 Å². The molecule has 1 saturated heterocycles. The lowest BCUT2D eigenvalue weighted by Gasteiger charge is -2.38. The Morgan fingerprint density at radius 1 is 1.38 bits per heavy atom. The molecule has 0 aromatic heterocycles. The molecule has 2 atom stereocenters. The SMILES string of the molecule is COc1cccc(C2CNC[C@H](C)N2C)c1. The average Bonchev–Trinajstić information content (AvgIpc) is 2.33. The largest absolute Gasteiger partial charge is 0.497 e. The van der Waals surface area contributed by atoms with Gasteiger partial charge in [0.1, 0.15) is 5.75 Å². The van der Waals surface area contributed by atoms with Gasteiger partial charge in [-0.15, -0.1) is 0 Å². The van der Waals surface area contributed by atoms with Crippen LogP contribution in [0.2, 0.25) is 0 Å². The summed E-state index contributed by atoms with van der Waals surface area (Å²) in [6.07, 6.45) is 0. The topological polar surface area (TPSA) is 24.5 Å². The number of methoxy groups -OCH3 is 1. The highest BCUT2D eigenvalue weighted by molar-refractivity contribution is 5.31. The molecule has 1 heterocycles. The number of nitrogens with one attached hydrogen (secondary N) is 1. The van der Waals surface area contributed by atoms with Gasteiger partial charge < -0.3 is 10.1 Å². The van der Waals surface area contributed by atoms with Crippen LogP contribution in [-0.4, -0.2) is 38.2 Å². The molecule has 3 nitrogen and oxygen atoms in total. The van der Waals surface area contributed by atoms with Crippen molar-refractivity contribution in [1.29, 1.82) is 0 Å². The molecule has 1 aromatic rings. The van der Waals surface area contributed by atoms with Crippen molar-refractivity contribution in [2.75, 3.05) is 27.2 Å². The van der Waals surface area contributed by atoms with Gasteiger partial charge in [0.05, 0.1) is 7.11 Å². The van der Waals surface area contributed by atoms with Crippen molar-refractivity contribution in [2.24, 2.45) is 0 Å². The van der Waals surface area contributed by atoms with Crippen molar-refractivity contribution in [3.8, 4) is 5.75 Å². The average molecular weight is 220 g/mol. The van der Waals surface area contributed by atoms with E-state index in [0.717, 1.165) is 18.8 Å². The van der Waals surface area contributed by atoms with Crippen LogP contribution in [0.25, 0.3) is 0 Å². The molecule has 2 rings (SSSR count). The minimum Gasteiger partial charge on any atom is -0.497 e. The van der Waals surface area contributed by atoms with Gasteiger partial charge in [0.2, 0.25) is 0 Å². The molecular weight excluding hydrogens is 200 g/mol. The van der Waals surface area contributed by atoms with E-state index in [1.54, 1.807) is 7.11 Å². The van der Waals surface area contributed by atoms with E-state index in [2.05, 4.69) is 42.4 Å². The van der Waals surface area contributed by atoms with Crippen LogP contribution in [0.5, 0.6) is 5.75 Å². The third-order valence-corrected chi connectivity index (χ3v) is 3.44. The van der Waals surface area contributed by atoms with Crippen LogP contribution < -0.4 is 10.1 Å². The second-order valence-corrected chi connectivity index (χ2v) is 4.47. The minimum atomic E-state index is 0.443. The normalized spacial score (nSPS) is 26.7. The quantitative estimate of drug-likeness (QED) is 0.820. The lowest BCUT2D eigenvalue weighted by molar-refractivity contribution is 0.141. The molecule has 0 bridgehead atoms. The summed E-state index contributed by atoms with van der Waals surface area (Å²) < 4.78 is 5.27. The van der Waals surface area contributed by atoms with Gasteiger partial charge >= 0.3 is 0 Å². The Morgan fingerprint density at radius 3 is 2.94 bits per heavy atom. The predicted molar refractivity (Wildman–Crippen MR) is 65.8 cm³/mol. The molecule has 0 aliphatic carbocycles. The Labute approximate surface area is 97.4 Å². The summed E-state index contributed by atoms with van der Waals surface area (Å²) in [5.41, 5.74) is 1.32. The maximum absolute atomic E-state index is 5.27. The summed E-state index contributed by atoms with van der Waals surface area (Å²) in [5, 5.41) is 3.47. The second kappa shape index (κ2) is 4.85. The van der Waals surface area contributed by atoms with Crippen molar-refractivity contribution in [1.82, 2.24) is 10.2 Å². The summed E-state index contributed by atoms with van der Waals surface area (Å²) >= 11 is 0. The predicted octanol–water partition coefficient (Wildman–Crippen LogP) is 1.66. The Bertz CT molecular complexity index is 354. The molecule has 3 heteroatoms. The molecule has 0 radical (unpaired) electrons. The van der Waals surface area contributed by atoms with Crippen molar-refractivity contribution in [3.63, 3.8) is 0 Å². The zero-order valence-electron chi connectivity index (χ0n) is 10.2. The molecule has 88 valence electrons. The number of ether oxygens (including phenoxy) is 1. The van der Waals surface area contributed by atoms with Gasteiger partial charge in [0, 0.05) is 25.2 Å². The van der Waals surface area contributed by atoms with E-state index in [1.165, 1.54) is 5.56 Å². The third-order valence-electron chi connectivity index (χ3n) is 3.44. The Hall–Kier alpha value is -1.06. The number of hydrogen-bond acceptors (Lipinski definition) is 3. The van der Waals surface area contributed by atoms with Gasteiger partial charge in [-0.3, -0.25) is 4.90 Å². The lowest BCUT2D eigenvalue weighted by atomic mass is 10.0. The van der Waals surface area contributed by atoms with Crippen LogP contribution in [0, 0.1) is 0 Å². The number of hydrogen-bond donors (Lipinski definition) is 1. The van der Waals surface area contributed by atoms with E-state index in [9.17, 15) is 0 Å². The van der Waals surface area contributed by atoms with Crippen molar-refractivity contribution >= 4 is 0 Å². The van der Waals surface area contributed by atoms with E-state index in [0.29, 0.717) is 12.1 Å². The lowest BCUT2D eigenvalue weighted by Crippen LogP contribution is -2.49. The van der Waals surface area contributed by atoms with Crippen LogP contribution >= 0.6 is 0 Å². The van der Waals surface area contributed by atoms with E-state index in [1.807, 2.05) is 6.07 Å². The molecule has 1 aliphatic rings. The van der Waals surface area contributed by atoms with Gasteiger partial charge in [-0.1, -0.05) is 12.1 Å². The second-order valence-electron chi connectivity index (χ2n) is 4.47. The van der Waals surface area contributed by atoms with Crippen LogP contribution in [0.3, 0.4) is 0 Å². The van der Waals surface area contributed by atoms with E-state index >= 15 is 0 Å². The molecule has 1 unspecified atom stereocenters. The van der Waals surface area contributed by atoms with Crippen molar-refractivity contribution < 1.29 is 4.74 Å². The summed E-state index contributed by atoms with van der Waals surface area (Å²) in [7, 11) is 3.90. The zero-order chi connectivity index (χ0) is 11.5. The maximum atomic E-state index is 5.27. The molecular formula is C13H20N2O. The van der Waals surface area contributed by atoms with Crippen molar-refractivity contribution in [2.45, 2.75) is 19.0 Å². The summed E-state index contributed by atoms with van der Waals surface area (Å²) in [5.74, 6) is 0.934. The first-order valence-corrected chi connectivity index (χ1v) is 5.79. The monoisotopic (exact) mass is 220 g/mol. The molecule has 1 aromatic carbocycles. The minimum absolute atomic E-state index is 0.443. The van der Waals surface area contributed by atoms with Gasteiger partial charge in [-0.2, -0.15) is 0 Å². The van der Waals surface area contributed by atoms with Crippen LogP contribution in [0.1, 0.15) is 18.5 Å². The molecule has 1 N–H and O–H groups in total. The van der Waals surface area contributed by atoms with Gasteiger partial charge in [-0.05, 0) is 31.7 Å². The van der Waals surface area contributed by atoms with E-state index in [-0.39, 0.29) is 0 Å². The third kappa shape index (κ3) is 2.20. The number of likely N-dealkylation sites (N-methyl/N-ethyl adjacent to an activating group) is 1. The zero-order valence-corrected chi connectivity index (χ0v) is 10.2. The molecule has 1 fully saturated rings. The molecule has 0 spiro atoms. The fraction of sp³-hybridized carbons (Fsp3) is 0.538. The van der Waals surface area contributed by atoms with Gasteiger partial charge in [0.15, 0.2) is 0 Å². The summed E-state index contributed by atoms with van der Waals surface area (Å²) in [4.78, 5) is 2.42. The Balaban J connectivity index is 2.21. The standard InChI is InChI=1S/C13H20N2O/c1-10-8-14-9-13(15(10)2)11-5-4-6-12(7-11)16-3/h4-7,10,13-14H,8-9H2,1-3H3/t10-,13?/m0/s1. The number of benzene rings is 1. The molecule has 0 amide bonds. The van der Waals surface area contributed by atoms with Gasteiger partial charge in [-0.25, -0.2) is 0 Å². The summed E-state index contributed by atoms with van der Waals surface area (Å²) in [6, 6.07) is 9.36. The first kappa shape index (κ1) is 11.4.